The van der Waals surface area contributed by atoms with Crippen LogP contribution < -0.4 is 0 Å². The second-order valence-corrected chi connectivity index (χ2v) is 4.25. The Kier molecular flexibility index (Phi) is 16.7. The van der Waals surface area contributed by atoms with Crippen LogP contribution in [0.4, 0.5) is 0 Å². The van der Waals surface area contributed by atoms with Crippen molar-refractivity contribution in [3.05, 3.63) is 54.5 Å². The molecule has 0 bridgehead atoms. The predicted molar refractivity (Wildman–Crippen MR) is 95.7 cm³/mol. The SMILES string of the molecule is C=C/C=C(/CN(C)Cc1ccccn1)N=C.CC.CCC. The van der Waals surface area contributed by atoms with E-state index in [1.54, 1.807) is 12.3 Å². The monoisotopic (exact) mass is 289 g/mol. The summed E-state index contributed by atoms with van der Waals surface area (Å²) in [5, 5.41) is 0. The molecule has 0 fully saturated rings. The molecule has 0 amide bonds. The van der Waals surface area contributed by atoms with E-state index in [-0.39, 0.29) is 0 Å². The first kappa shape index (κ1) is 21.6. The van der Waals surface area contributed by atoms with Crippen LogP contribution in [-0.4, -0.2) is 30.2 Å². The van der Waals surface area contributed by atoms with Crippen molar-refractivity contribution >= 4 is 6.72 Å². The topological polar surface area (TPSA) is 28.5 Å². The van der Waals surface area contributed by atoms with Gasteiger partial charge in [0.15, 0.2) is 0 Å². The van der Waals surface area contributed by atoms with Gasteiger partial charge in [0.05, 0.1) is 11.4 Å². The second-order valence-electron chi connectivity index (χ2n) is 4.25. The Labute approximate surface area is 131 Å². The Morgan fingerprint density at radius 1 is 1.33 bits per heavy atom. The molecular formula is C18H31N3. The van der Waals surface area contributed by atoms with E-state index in [1.807, 2.05) is 45.2 Å². The molecule has 118 valence electrons. The molecule has 1 rings (SSSR count). The molecular weight excluding hydrogens is 258 g/mol. The molecule has 0 aliphatic carbocycles. The van der Waals surface area contributed by atoms with Crippen LogP contribution in [-0.2, 0) is 6.54 Å². The largest absolute Gasteiger partial charge is 0.295 e. The Balaban J connectivity index is 0. The summed E-state index contributed by atoms with van der Waals surface area (Å²) < 4.78 is 0. The van der Waals surface area contributed by atoms with Crippen LogP contribution >= 0.6 is 0 Å². The van der Waals surface area contributed by atoms with Crippen molar-refractivity contribution in [2.45, 2.75) is 40.7 Å². The van der Waals surface area contributed by atoms with Gasteiger partial charge < -0.3 is 0 Å². The molecule has 0 N–H and O–H groups in total. The Hall–Kier alpha value is -1.74. The standard InChI is InChI=1S/C13H17N3.C3H8.C2H6/c1-4-7-12(14-2)10-16(3)11-13-8-5-6-9-15-13;1-3-2;1-2/h4-9H,1-2,10-11H2,3H3;3H2,1-2H3;1-2H3/b12-7-;;. The average Bonchev–Trinajstić information content (AvgIpc) is 2.50. The van der Waals surface area contributed by atoms with Gasteiger partial charge in [-0.3, -0.25) is 14.9 Å². The van der Waals surface area contributed by atoms with Gasteiger partial charge in [-0.1, -0.05) is 52.8 Å². The highest BCUT2D eigenvalue weighted by molar-refractivity contribution is 5.30. The zero-order chi connectivity index (χ0) is 16.5. The summed E-state index contributed by atoms with van der Waals surface area (Å²) in [5.74, 6) is 0. The maximum atomic E-state index is 4.27. The number of allylic oxidation sites excluding steroid dienone is 2. The third-order valence-corrected chi connectivity index (χ3v) is 2.10. The summed E-state index contributed by atoms with van der Waals surface area (Å²) in [4.78, 5) is 10.3. The highest BCUT2D eigenvalue weighted by atomic mass is 15.1. The molecule has 0 atom stereocenters. The van der Waals surface area contributed by atoms with Gasteiger partial charge >= 0.3 is 0 Å². The van der Waals surface area contributed by atoms with Crippen molar-refractivity contribution in [2.75, 3.05) is 13.6 Å². The third-order valence-electron chi connectivity index (χ3n) is 2.10. The van der Waals surface area contributed by atoms with Gasteiger partial charge in [-0.2, -0.15) is 0 Å². The minimum Gasteiger partial charge on any atom is -0.295 e. The molecule has 0 aliphatic rings. The summed E-state index contributed by atoms with van der Waals surface area (Å²) >= 11 is 0. The first-order valence-corrected chi connectivity index (χ1v) is 7.54. The summed E-state index contributed by atoms with van der Waals surface area (Å²) in [6, 6.07) is 5.91. The van der Waals surface area contributed by atoms with Gasteiger partial charge in [0.1, 0.15) is 0 Å². The molecule has 0 radical (unpaired) electrons. The van der Waals surface area contributed by atoms with E-state index in [9.17, 15) is 0 Å². The lowest BCUT2D eigenvalue weighted by Gasteiger charge is -2.15. The van der Waals surface area contributed by atoms with Crippen molar-refractivity contribution in [2.24, 2.45) is 4.99 Å². The Morgan fingerprint density at radius 3 is 2.38 bits per heavy atom. The lowest BCUT2D eigenvalue weighted by molar-refractivity contribution is 0.350. The van der Waals surface area contributed by atoms with Gasteiger partial charge in [-0.15, -0.1) is 0 Å². The van der Waals surface area contributed by atoms with Gasteiger partial charge in [-0.25, -0.2) is 0 Å². The lowest BCUT2D eigenvalue weighted by Crippen LogP contribution is -2.20. The lowest BCUT2D eigenvalue weighted by atomic mass is 10.3. The zero-order valence-corrected chi connectivity index (χ0v) is 14.3. The Morgan fingerprint density at radius 2 is 1.95 bits per heavy atom. The zero-order valence-electron chi connectivity index (χ0n) is 14.3. The molecule has 0 spiro atoms. The summed E-state index contributed by atoms with van der Waals surface area (Å²) in [5.41, 5.74) is 1.96. The molecule has 1 aromatic rings. The van der Waals surface area contributed by atoms with E-state index in [1.165, 1.54) is 6.42 Å². The fourth-order valence-corrected chi connectivity index (χ4v) is 1.39. The smallest absolute Gasteiger partial charge is 0.0543 e. The maximum Gasteiger partial charge on any atom is 0.0543 e. The fourth-order valence-electron chi connectivity index (χ4n) is 1.39. The number of hydrogen-bond donors (Lipinski definition) is 0. The van der Waals surface area contributed by atoms with E-state index in [4.69, 9.17) is 0 Å². The predicted octanol–water partition coefficient (Wildman–Crippen LogP) is 4.73. The minimum atomic E-state index is 0.742. The van der Waals surface area contributed by atoms with Crippen LogP contribution in [0.1, 0.15) is 39.8 Å². The number of hydrogen-bond acceptors (Lipinski definition) is 3. The minimum absolute atomic E-state index is 0.742. The van der Waals surface area contributed by atoms with Gasteiger partial charge in [-0.05, 0) is 32.0 Å². The molecule has 3 heteroatoms. The van der Waals surface area contributed by atoms with Crippen molar-refractivity contribution in [1.82, 2.24) is 9.88 Å². The average molecular weight is 289 g/mol. The molecule has 0 aromatic carbocycles. The van der Waals surface area contributed by atoms with E-state index >= 15 is 0 Å². The van der Waals surface area contributed by atoms with E-state index in [0.29, 0.717) is 0 Å². The molecule has 0 saturated heterocycles. The van der Waals surface area contributed by atoms with Gasteiger partial charge in [0.25, 0.3) is 0 Å². The first-order valence-electron chi connectivity index (χ1n) is 7.54. The molecule has 0 saturated carbocycles. The summed E-state index contributed by atoms with van der Waals surface area (Å²) in [7, 11) is 2.02. The summed E-state index contributed by atoms with van der Waals surface area (Å²) in [6.07, 6.45) is 6.63. The van der Waals surface area contributed by atoms with Crippen molar-refractivity contribution in [3.8, 4) is 0 Å². The van der Waals surface area contributed by atoms with Crippen molar-refractivity contribution in [3.63, 3.8) is 0 Å². The van der Waals surface area contributed by atoms with Crippen molar-refractivity contribution in [1.29, 1.82) is 0 Å². The van der Waals surface area contributed by atoms with Crippen LogP contribution in [0.25, 0.3) is 0 Å². The van der Waals surface area contributed by atoms with E-state index < -0.39 is 0 Å². The van der Waals surface area contributed by atoms with Crippen LogP contribution in [0.2, 0.25) is 0 Å². The number of likely N-dealkylation sites (N-methyl/N-ethyl adjacent to an activating group) is 1. The number of pyridine rings is 1. The number of nitrogens with zero attached hydrogens (tertiary/aromatic N) is 3. The van der Waals surface area contributed by atoms with Gasteiger partial charge in [0, 0.05) is 19.3 Å². The molecule has 1 aromatic heterocycles. The Bertz CT molecular complexity index is 383. The summed E-state index contributed by atoms with van der Waals surface area (Å²) in [6.45, 7) is 17.0. The number of aliphatic imine (C=N–C) groups is 1. The molecule has 0 aliphatic heterocycles. The van der Waals surface area contributed by atoms with Gasteiger partial charge in [0.2, 0.25) is 0 Å². The fraction of sp³-hybridized carbons (Fsp3) is 0.444. The first-order chi connectivity index (χ1) is 10.2. The van der Waals surface area contributed by atoms with Crippen LogP contribution in [0.3, 0.4) is 0 Å². The number of rotatable bonds is 6. The quantitative estimate of drug-likeness (QED) is 0.559. The van der Waals surface area contributed by atoms with Crippen molar-refractivity contribution < 1.29 is 0 Å². The molecule has 3 nitrogen and oxygen atoms in total. The molecule has 0 unspecified atom stereocenters. The second kappa shape index (κ2) is 16.3. The van der Waals surface area contributed by atoms with E-state index in [2.05, 4.69) is 42.0 Å². The molecule has 21 heavy (non-hydrogen) atoms. The highest BCUT2D eigenvalue weighted by Crippen LogP contribution is 2.03. The highest BCUT2D eigenvalue weighted by Gasteiger charge is 2.02. The molecule has 1 heterocycles. The third kappa shape index (κ3) is 13.0. The van der Waals surface area contributed by atoms with Crippen LogP contribution in [0.15, 0.2) is 53.8 Å². The van der Waals surface area contributed by atoms with Crippen LogP contribution in [0.5, 0.6) is 0 Å². The van der Waals surface area contributed by atoms with Crippen LogP contribution in [0, 0.1) is 0 Å². The normalized spacial score (nSPS) is 9.90. The van der Waals surface area contributed by atoms with E-state index in [0.717, 1.165) is 24.5 Å². The number of aromatic nitrogens is 1. The maximum absolute atomic E-state index is 4.27.